The van der Waals surface area contributed by atoms with Crippen molar-refractivity contribution in [3.63, 3.8) is 0 Å². The summed E-state index contributed by atoms with van der Waals surface area (Å²) < 4.78 is 0. The van der Waals surface area contributed by atoms with Crippen LogP contribution in [0.1, 0.15) is 46.9 Å². The summed E-state index contributed by atoms with van der Waals surface area (Å²) in [7, 11) is 0. The second-order valence-electron chi connectivity index (χ2n) is 8.63. The fraction of sp³-hybridized carbons (Fsp3) is 0.207. The van der Waals surface area contributed by atoms with Crippen LogP contribution in [0.25, 0.3) is 0 Å². The Morgan fingerprint density at radius 2 is 1.42 bits per heavy atom. The number of hydrogen-bond acceptors (Lipinski definition) is 6. The Morgan fingerprint density at radius 1 is 0.842 bits per heavy atom. The van der Waals surface area contributed by atoms with Gasteiger partial charge in [0.2, 0.25) is 5.91 Å². The SMILES string of the molecule is C[C@H](NCC(=O)Nc1ccc(C#Cc2ccc(C(=O)N[C@H](C(=O)NO)[C@@H](C)O)cc2)cc1)c1ccccc1. The van der Waals surface area contributed by atoms with Gasteiger partial charge in [0.1, 0.15) is 6.04 Å². The molecule has 196 valence electrons. The molecule has 9 nitrogen and oxygen atoms in total. The number of nitrogens with one attached hydrogen (secondary N) is 4. The second-order valence-corrected chi connectivity index (χ2v) is 8.63. The van der Waals surface area contributed by atoms with Crippen LogP contribution in [-0.4, -0.2) is 46.7 Å². The molecule has 0 bridgehead atoms. The van der Waals surface area contributed by atoms with E-state index in [1.165, 1.54) is 12.4 Å². The Kier molecular flexibility index (Phi) is 10.1. The summed E-state index contributed by atoms with van der Waals surface area (Å²) in [6.45, 7) is 3.51. The number of benzene rings is 3. The normalized spacial score (nSPS) is 12.7. The average molecular weight is 515 g/mol. The van der Waals surface area contributed by atoms with Gasteiger partial charge in [-0.05, 0) is 67.9 Å². The van der Waals surface area contributed by atoms with Gasteiger partial charge in [-0.25, -0.2) is 5.48 Å². The Balaban J connectivity index is 1.52. The molecule has 0 aliphatic carbocycles. The van der Waals surface area contributed by atoms with Crippen molar-refractivity contribution in [3.05, 3.63) is 101 Å². The molecular formula is C29H30N4O5. The van der Waals surface area contributed by atoms with E-state index >= 15 is 0 Å². The monoisotopic (exact) mass is 514 g/mol. The molecule has 0 saturated heterocycles. The lowest BCUT2D eigenvalue weighted by Crippen LogP contribution is -2.51. The van der Waals surface area contributed by atoms with E-state index in [9.17, 15) is 19.5 Å². The van der Waals surface area contributed by atoms with Crippen LogP contribution in [0.2, 0.25) is 0 Å². The summed E-state index contributed by atoms with van der Waals surface area (Å²) in [5.41, 5.74) is 4.86. The van der Waals surface area contributed by atoms with E-state index in [-0.39, 0.29) is 24.1 Å². The van der Waals surface area contributed by atoms with Crippen molar-refractivity contribution in [2.75, 3.05) is 11.9 Å². The van der Waals surface area contributed by atoms with Crippen molar-refractivity contribution in [1.29, 1.82) is 0 Å². The van der Waals surface area contributed by atoms with Gasteiger partial charge < -0.3 is 21.1 Å². The second kappa shape index (κ2) is 13.7. The third-order valence-electron chi connectivity index (χ3n) is 5.70. The highest BCUT2D eigenvalue weighted by atomic mass is 16.5. The first-order valence-corrected chi connectivity index (χ1v) is 12.0. The van der Waals surface area contributed by atoms with Gasteiger partial charge in [-0.3, -0.25) is 19.6 Å². The van der Waals surface area contributed by atoms with Crippen LogP contribution >= 0.6 is 0 Å². The Hall–Kier alpha value is -4.49. The third kappa shape index (κ3) is 8.28. The number of carbonyl (C=O) groups is 3. The highest BCUT2D eigenvalue weighted by molar-refractivity contribution is 5.97. The molecule has 3 atom stereocenters. The molecule has 0 unspecified atom stereocenters. The molecule has 0 radical (unpaired) electrons. The van der Waals surface area contributed by atoms with Crippen molar-refractivity contribution < 1.29 is 24.7 Å². The predicted octanol–water partition coefficient (Wildman–Crippen LogP) is 2.36. The number of hydrogen-bond donors (Lipinski definition) is 6. The molecule has 38 heavy (non-hydrogen) atoms. The Labute approximate surface area is 221 Å². The van der Waals surface area contributed by atoms with Crippen LogP contribution in [0.15, 0.2) is 78.9 Å². The Morgan fingerprint density at radius 3 is 1.97 bits per heavy atom. The standard InChI is InChI=1S/C29H30N4O5/c1-19(23-6-4-3-5-7-23)30-18-26(35)31-25-16-12-22(13-17-25)9-8-21-10-14-24(15-11-21)28(36)32-27(20(2)34)29(37)33-38/h3-7,10-17,19-20,27,30,34,38H,18H2,1-2H3,(H,31,35)(H,32,36)(H,33,37)/t19-,20+,27-/m0/s1. The van der Waals surface area contributed by atoms with Crippen LogP contribution < -0.4 is 21.4 Å². The summed E-state index contributed by atoms with van der Waals surface area (Å²) in [4.78, 5) is 36.2. The number of aliphatic hydroxyl groups is 1. The molecular weight excluding hydrogens is 484 g/mol. The highest BCUT2D eigenvalue weighted by Crippen LogP contribution is 2.12. The number of rotatable bonds is 9. The van der Waals surface area contributed by atoms with Crippen molar-refractivity contribution in [3.8, 4) is 11.8 Å². The summed E-state index contributed by atoms with van der Waals surface area (Å²) in [6.07, 6.45) is -1.20. The smallest absolute Gasteiger partial charge is 0.268 e. The van der Waals surface area contributed by atoms with Gasteiger partial charge in [-0.15, -0.1) is 0 Å². The number of hydroxylamine groups is 1. The lowest BCUT2D eigenvalue weighted by Gasteiger charge is -2.19. The maximum absolute atomic E-state index is 12.4. The van der Waals surface area contributed by atoms with Crippen LogP contribution in [0.3, 0.4) is 0 Å². The maximum atomic E-state index is 12.4. The number of aliphatic hydroxyl groups excluding tert-OH is 1. The number of anilines is 1. The van der Waals surface area contributed by atoms with E-state index < -0.39 is 24.0 Å². The average Bonchev–Trinajstić information content (AvgIpc) is 2.94. The molecule has 6 N–H and O–H groups in total. The van der Waals surface area contributed by atoms with E-state index in [4.69, 9.17) is 5.21 Å². The molecule has 0 saturated carbocycles. The maximum Gasteiger partial charge on any atom is 0.268 e. The first-order valence-electron chi connectivity index (χ1n) is 12.0. The zero-order valence-corrected chi connectivity index (χ0v) is 21.1. The molecule has 9 heteroatoms. The molecule has 3 aromatic carbocycles. The minimum Gasteiger partial charge on any atom is -0.391 e. The van der Waals surface area contributed by atoms with Gasteiger partial charge in [-0.1, -0.05) is 42.2 Å². The fourth-order valence-corrected chi connectivity index (χ4v) is 3.50. The highest BCUT2D eigenvalue weighted by Gasteiger charge is 2.25. The van der Waals surface area contributed by atoms with E-state index in [1.807, 2.05) is 37.3 Å². The largest absolute Gasteiger partial charge is 0.391 e. The minimum absolute atomic E-state index is 0.0527. The van der Waals surface area contributed by atoms with Crippen molar-refractivity contribution in [1.82, 2.24) is 16.1 Å². The predicted molar refractivity (Wildman–Crippen MR) is 143 cm³/mol. The molecule has 3 amide bonds. The van der Waals surface area contributed by atoms with Crippen LogP contribution in [0, 0.1) is 11.8 Å². The molecule has 0 aliphatic rings. The summed E-state index contributed by atoms with van der Waals surface area (Å²) in [5.74, 6) is 4.39. The van der Waals surface area contributed by atoms with Gasteiger partial charge >= 0.3 is 0 Å². The lowest BCUT2D eigenvalue weighted by atomic mass is 10.1. The zero-order valence-electron chi connectivity index (χ0n) is 21.1. The van der Waals surface area contributed by atoms with E-state index in [0.29, 0.717) is 11.3 Å². The molecule has 0 aliphatic heterocycles. The summed E-state index contributed by atoms with van der Waals surface area (Å²) >= 11 is 0. The van der Waals surface area contributed by atoms with Gasteiger partial charge in [-0.2, -0.15) is 0 Å². The molecule has 0 heterocycles. The molecule has 3 aromatic rings. The van der Waals surface area contributed by atoms with E-state index in [2.05, 4.69) is 27.8 Å². The van der Waals surface area contributed by atoms with E-state index in [1.54, 1.807) is 48.5 Å². The molecule has 3 rings (SSSR count). The van der Waals surface area contributed by atoms with Crippen molar-refractivity contribution in [2.45, 2.75) is 32.0 Å². The third-order valence-corrected chi connectivity index (χ3v) is 5.70. The van der Waals surface area contributed by atoms with Gasteiger partial charge in [0.15, 0.2) is 0 Å². The first kappa shape index (κ1) is 28.1. The quantitative estimate of drug-likeness (QED) is 0.147. The number of carbonyl (C=O) groups excluding carboxylic acids is 3. The zero-order chi connectivity index (χ0) is 27.5. The molecule has 0 aromatic heterocycles. The van der Waals surface area contributed by atoms with Crippen molar-refractivity contribution >= 4 is 23.4 Å². The first-order chi connectivity index (χ1) is 18.3. The van der Waals surface area contributed by atoms with Crippen LogP contribution in [-0.2, 0) is 9.59 Å². The van der Waals surface area contributed by atoms with Gasteiger partial charge in [0.05, 0.1) is 12.6 Å². The number of amides is 3. The minimum atomic E-state index is -1.30. The fourth-order valence-electron chi connectivity index (χ4n) is 3.50. The van der Waals surface area contributed by atoms with Gasteiger partial charge in [0.25, 0.3) is 11.8 Å². The van der Waals surface area contributed by atoms with Crippen LogP contribution in [0.5, 0.6) is 0 Å². The summed E-state index contributed by atoms with van der Waals surface area (Å²) in [5, 5.41) is 26.8. The Bertz CT molecular complexity index is 1300. The molecule has 0 fully saturated rings. The van der Waals surface area contributed by atoms with Gasteiger partial charge in [0, 0.05) is 28.4 Å². The molecule has 0 spiro atoms. The van der Waals surface area contributed by atoms with E-state index in [0.717, 1.165) is 11.1 Å². The van der Waals surface area contributed by atoms with Crippen molar-refractivity contribution in [2.24, 2.45) is 0 Å². The topological polar surface area (TPSA) is 140 Å². The lowest BCUT2D eigenvalue weighted by molar-refractivity contribution is -0.133. The van der Waals surface area contributed by atoms with Crippen LogP contribution in [0.4, 0.5) is 5.69 Å². The summed E-state index contributed by atoms with van der Waals surface area (Å²) in [6, 6.07) is 22.2.